The summed E-state index contributed by atoms with van der Waals surface area (Å²) in [5.41, 5.74) is -4.16. The van der Waals surface area contributed by atoms with Crippen LogP contribution < -0.4 is 4.57 Å². The Morgan fingerprint density at radius 3 is 2.14 bits per heavy atom. The maximum Gasteiger partial charge on any atom is 0.485 e. The minimum atomic E-state index is -6.09. The lowest BCUT2D eigenvalue weighted by atomic mass is 10.2. The van der Waals surface area contributed by atoms with Gasteiger partial charge < -0.3 is 4.55 Å². The fraction of sp³-hybridized carbons (Fsp3) is 0.643. The molecule has 22 heavy (non-hydrogen) atoms. The van der Waals surface area contributed by atoms with Crippen molar-refractivity contribution < 1.29 is 30.7 Å². The van der Waals surface area contributed by atoms with Crippen molar-refractivity contribution in [2.24, 2.45) is 0 Å². The van der Waals surface area contributed by atoms with Crippen LogP contribution in [0, 0.1) is 0 Å². The minimum absolute atomic E-state index is 1.18. The highest BCUT2D eigenvalue weighted by Crippen LogP contribution is 2.20. The highest BCUT2D eigenvalue weighted by molar-refractivity contribution is 7.86. The number of pyridine rings is 1. The Kier molecular flexibility index (Phi) is 9.27. The Bertz CT molecular complexity index is 503. The number of aryl methyl sites for hydroxylation is 2. The largest absolute Gasteiger partial charge is 0.741 e. The van der Waals surface area contributed by atoms with Crippen LogP contribution in [0.25, 0.3) is 0 Å². The van der Waals surface area contributed by atoms with Crippen molar-refractivity contribution in [1.29, 1.82) is 0 Å². The van der Waals surface area contributed by atoms with E-state index in [2.05, 4.69) is 42.8 Å². The quantitative estimate of drug-likeness (QED) is 0.454. The number of rotatable bonds is 6. The van der Waals surface area contributed by atoms with E-state index in [0.717, 1.165) is 0 Å². The fourth-order valence-corrected chi connectivity index (χ4v) is 1.64. The van der Waals surface area contributed by atoms with Gasteiger partial charge in [-0.1, -0.05) is 32.8 Å². The summed E-state index contributed by atoms with van der Waals surface area (Å²) in [5.74, 6) is 0. The lowest BCUT2D eigenvalue weighted by molar-refractivity contribution is -0.704. The van der Waals surface area contributed by atoms with E-state index in [4.69, 9.17) is 13.0 Å². The van der Waals surface area contributed by atoms with Crippen molar-refractivity contribution in [3.63, 3.8) is 0 Å². The first-order chi connectivity index (χ1) is 10.1. The van der Waals surface area contributed by atoms with Gasteiger partial charge in [-0.2, -0.15) is 13.2 Å². The van der Waals surface area contributed by atoms with Crippen molar-refractivity contribution in [3.8, 4) is 0 Å². The average Bonchev–Trinajstić information content (AvgIpc) is 2.42. The van der Waals surface area contributed by atoms with E-state index in [1.165, 1.54) is 44.3 Å². The van der Waals surface area contributed by atoms with Crippen LogP contribution in [0.5, 0.6) is 0 Å². The van der Waals surface area contributed by atoms with Gasteiger partial charge in [-0.25, -0.2) is 13.0 Å². The molecule has 0 aliphatic rings. The third-order valence-electron chi connectivity index (χ3n) is 2.86. The smallest absolute Gasteiger partial charge is 0.485 e. The highest BCUT2D eigenvalue weighted by atomic mass is 32.2. The molecule has 1 aromatic rings. The number of alkyl halides is 3. The van der Waals surface area contributed by atoms with Crippen LogP contribution in [0.15, 0.2) is 24.4 Å². The zero-order valence-corrected chi connectivity index (χ0v) is 13.6. The van der Waals surface area contributed by atoms with Gasteiger partial charge in [-0.05, 0) is 6.42 Å². The van der Waals surface area contributed by atoms with E-state index < -0.39 is 15.6 Å². The van der Waals surface area contributed by atoms with Crippen molar-refractivity contribution in [2.75, 3.05) is 0 Å². The molecule has 0 saturated carbocycles. The third kappa shape index (κ3) is 8.33. The van der Waals surface area contributed by atoms with Crippen LogP contribution in [-0.4, -0.2) is 18.5 Å². The molecule has 0 radical (unpaired) electrons. The number of halogens is 3. The zero-order chi connectivity index (χ0) is 17.2. The predicted octanol–water partition coefficient (Wildman–Crippen LogP) is 3.17. The molecule has 0 atom stereocenters. The molecule has 0 aromatic carbocycles. The standard InChI is InChI=1S/C13H22N.CHF3O3S/c1-3-5-9-13-10-7-8-12-14(13)11-6-4-2;2-1(3,4)8(5,6)7/h7-8,10,12H,3-6,9,11H2,1-2H3;(H,5,6,7)/q+1;/p-1. The Hall–Kier alpha value is -1.15. The van der Waals surface area contributed by atoms with Crippen LogP contribution in [0.2, 0.25) is 0 Å². The molecule has 0 aliphatic carbocycles. The maximum atomic E-state index is 10.7. The Morgan fingerprint density at radius 2 is 1.68 bits per heavy atom. The van der Waals surface area contributed by atoms with Crippen molar-refractivity contribution in [3.05, 3.63) is 30.1 Å². The number of hydrogen-bond acceptors (Lipinski definition) is 3. The van der Waals surface area contributed by atoms with Crippen LogP contribution in [0.3, 0.4) is 0 Å². The van der Waals surface area contributed by atoms with E-state index in [1.807, 2.05) is 0 Å². The molecular weight excluding hydrogens is 319 g/mol. The van der Waals surface area contributed by atoms with Crippen molar-refractivity contribution in [2.45, 2.75) is 58.0 Å². The predicted molar refractivity (Wildman–Crippen MR) is 75.9 cm³/mol. The topological polar surface area (TPSA) is 61.1 Å². The lowest BCUT2D eigenvalue weighted by Gasteiger charge is -2.08. The van der Waals surface area contributed by atoms with Gasteiger partial charge >= 0.3 is 5.51 Å². The number of hydrogen-bond donors (Lipinski definition) is 0. The summed E-state index contributed by atoms with van der Waals surface area (Å²) in [6.07, 6.45) is 8.57. The van der Waals surface area contributed by atoms with Gasteiger partial charge in [0.15, 0.2) is 22.0 Å². The average molecular weight is 341 g/mol. The lowest BCUT2D eigenvalue weighted by Crippen LogP contribution is -2.37. The van der Waals surface area contributed by atoms with Gasteiger partial charge in [-0.15, -0.1) is 0 Å². The molecule has 128 valence electrons. The molecule has 8 heteroatoms. The molecule has 0 bridgehead atoms. The molecule has 1 rings (SSSR count). The molecule has 0 saturated heterocycles. The van der Waals surface area contributed by atoms with Gasteiger partial charge in [0, 0.05) is 25.0 Å². The van der Waals surface area contributed by atoms with Crippen LogP contribution in [0.4, 0.5) is 13.2 Å². The summed E-state index contributed by atoms with van der Waals surface area (Å²) in [7, 11) is -6.09. The zero-order valence-electron chi connectivity index (χ0n) is 12.8. The summed E-state index contributed by atoms with van der Waals surface area (Å²) in [4.78, 5) is 0. The van der Waals surface area contributed by atoms with Crippen molar-refractivity contribution in [1.82, 2.24) is 0 Å². The van der Waals surface area contributed by atoms with Crippen LogP contribution in [0.1, 0.15) is 45.2 Å². The van der Waals surface area contributed by atoms with Gasteiger partial charge in [0.05, 0.1) is 0 Å². The van der Waals surface area contributed by atoms with E-state index in [-0.39, 0.29) is 0 Å². The molecule has 0 amide bonds. The molecule has 0 spiro atoms. The van der Waals surface area contributed by atoms with E-state index >= 15 is 0 Å². The summed E-state index contributed by atoms with van der Waals surface area (Å²) in [6.45, 7) is 5.67. The van der Waals surface area contributed by atoms with Gasteiger partial charge in [0.25, 0.3) is 0 Å². The van der Waals surface area contributed by atoms with Crippen LogP contribution in [-0.2, 0) is 23.1 Å². The van der Waals surface area contributed by atoms with Gasteiger partial charge in [0.1, 0.15) is 6.54 Å². The molecule has 0 N–H and O–H groups in total. The summed E-state index contributed by atoms with van der Waals surface area (Å²) >= 11 is 0. The van der Waals surface area contributed by atoms with E-state index in [1.54, 1.807) is 0 Å². The van der Waals surface area contributed by atoms with Crippen molar-refractivity contribution >= 4 is 10.1 Å². The SMILES string of the molecule is CCCCc1cccc[n+]1CCCC.O=S(=O)([O-])C(F)(F)F. The molecule has 0 aliphatic heterocycles. The van der Waals surface area contributed by atoms with E-state index in [0.29, 0.717) is 0 Å². The molecular formula is C14H22F3NO3S. The fourth-order valence-electron chi connectivity index (χ4n) is 1.64. The Labute approximate surface area is 129 Å². The number of nitrogens with zero attached hydrogens (tertiary/aromatic N) is 1. The molecule has 4 nitrogen and oxygen atoms in total. The first-order valence-corrected chi connectivity index (χ1v) is 8.53. The Morgan fingerprint density at radius 1 is 1.14 bits per heavy atom. The summed E-state index contributed by atoms with van der Waals surface area (Å²) in [6, 6.07) is 6.53. The number of aromatic nitrogens is 1. The molecule has 1 heterocycles. The normalized spacial score (nSPS) is 11.7. The molecule has 1 aromatic heterocycles. The molecule has 0 fully saturated rings. The first kappa shape index (κ1) is 20.9. The van der Waals surface area contributed by atoms with Gasteiger partial charge in [0.2, 0.25) is 0 Å². The first-order valence-electron chi connectivity index (χ1n) is 7.13. The molecule has 0 unspecified atom stereocenters. The summed E-state index contributed by atoms with van der Waals surface area (Å²) < 4.78 is 61.3. The maximum absolute atomic E-state index is 10.7. The highest BCUT2D eigenvalue weighted by Gasteiger charge is 2.36. The monoisotopic (exact) mass is 341 g/mol. The summed E-state index contributed by atoms with van der Waals surface area (Å²) in [5, 5.41) is 0. The Balaban J connectivity index is 0.000000472. The number of unbranched alkanes of at least 4 members (excludes halogenated alkanes) is 2. The third-order valence-corrected chi connectivity index (χ3v) is 3.42. The second kappa shape index (κ2) is 9.78. The van der Waals surface area contributed by atoms with Crippen LogP contribution >= 0.6 is 0 Å². The van der Waals surface area contributed by atoms with Gasteiger partial charge in [-0.3, -0.25) is 0 Å². The second-order valence-electron chi connectivity index (χ2n) is 4.74. The second-order valence-corrected chi connectivity index (χ2v) is 6.11. The minimum Gasteiger partial charge on any atom is -0.741 e. The van der Waals surface area contributed by atoms with E-state index in [9.17, 15) is 13.2 Å².